The van der Waals surface area contributed by atoms with Crippen molar-refractivity contribution in [3.05, 3.63) is 84.4 Å². The Hall–Kier alpha value is -3.91. The zero-order valence-electron chi connectivity index (χ0n) is 16.8. The van der Waals surface area contributed by atoms with Gasteiger partial charge in [0.05, 0.1) is 7.11 Å². The van der Waals surface area contributed by atoms with Gasteiger partial charge in [0.2, 0.25) is 0 Å². The minimum absolute atomic E-state index is 0.0391. The number of para-hydroxylation sites is 2. The van der Waals surface area contributed by atoms with E-state index in [1.54, 1.807) is 36.4 Å². The monoisotopic (exact) mass is 435 g/mol. The van der Waals surface area contributed by atoms with Crippen molar-refractivity contribution in [1.29, 1.82) is 0 Å². The first-order chi connectivity index (χ1) is 15.1. The Morgan fingerprint density at radius 3 is 2.10 bits per heavy atom. The third kappa shape index (κ3) is 6.28. The van der Waals surface area contributed by atoms with Gasteiger partial charge in [-0.1, -0.05) is 54.6 Å². The second-order valence-corrected chi connectivity index (χ2v) is 6.75. The van der Waals surface area contributed by atoms with Crippen molar-refractivity contribution in [3.63, 3.8) is 0 Å². The van der Waals surface area contributed by atoms with Crippen LogP contribution in [0.5, 0.6) is 11.5 Å². The molecule has 0 heterocycles. The largest absolute Gasteiger partial charge is 0.493 e. The molecule has 0 aliphatic heterocycles. The van der Waals surface area contributed by atoms with E-state index in [9.17, 15) is 9.59 Å². The van der Waals surface area contributed by atoms with Crippen molar-refractivity contribution in [1.82, 2.24) is 16.2 Å². The van der Waals surface area contributed by atoms with Gasteiger partial charge in [-0.3, -0.25) is 25.8 Å². The molecule has 3 N–H and O–H groups in total. The Morgan fingerprint density at radius 1 is 0.806 bits per heavy atom. The third-order valence-corrected chi connectivity index (χ3v) is 4.43. The smallest absolute Gasteiger partial charge is 0.276 e. The molecule has 0 aliphatic rings. The van der Waals surface area contributed by atoms with E-state index in [0.29, 0.717) is 17.1 Å². The molecule has 7 nitrogen and oxygen atoms in total. The lowest BCUT2D eigenvalue weighted by Crippen LogP contribution is -2.49. The molecule has 0 saturated carbocycles. The highest BCUT2D eigenvalue weighted by atomic mass is 32.1. The fourth-order valence-electron chi connectivity index (χ4n) is 2.70. The van der Waals surface area contributed by atoms with Gasteiger partial charge in [-0.05, 0) is 47.6 Å². The molecule has 31 heavy (non-hydrogen) atoms. The van der Waals surface area contributed by atoms with Gasteiger partial charge in [0.25, 0.3) is 11.8 Å². The zero-order chi connectivity index (χ0) is 22.1. The van der Waals surface area contributed by atoms with Crippen LogP contribution in [0.3, 0.4) is 0 Å². The van der Waals surface area contributed by atoms with Crippen LogP contribution in [-0.2, 0) is 4.79 Å². The number of methoxy groups -OCH3 is 1. The van der Waals surface area contributed by atoms with Crippen LogP contribution < -0.4 is 25.6 Å². The molecule has 0 radical (unpaired) electrons. The summed E-state index contributed by atoms with van der Waals surface area (Å²) in [6.07, 6.45) is 0. The Labute approximate surface area is 185 Å². The third-order valence-electron chi connectivity index (χ3n) is 4.22. The van der Waals surface area contributed by atoms with Crippen LogP contribution >= 0.6 is 12.2 Å². The Balaban J connectivity index is 1.44. The zero-order valence-corrected chi connectivity index (χ0v) is 17.6. The first-order valence-corrected chi connectivity index (χ1v) is 9.79. The van der Waals surface area contributed by atoms with E-state index >= 15 is 0 Å². The van der Waals surface area contributed by atoms with Crippen molar-refractivity contribution in [2.75, 3.05) is 13.7 Å². The molecular formula is C23H21N3O4S. The number of hydrazine groups is 1. The Kier molecular flexibility index (Phi) is 7.56. The van der Waals surface area contributed by atoms with E-state index in [1.807, 2.05) is 42.5 Å². The van der Waals surface area contributed by atoms with E-state index in [0.717, 1.165) is 11.1 Å². The number of nitrogens with one attached hydrogen (secondary N) is 3. The molecular weight excluding hydrogens is 414 g/mol. The van der Waals surface area contributed by atoms with Crippen LogP contribution in [0.2, 0.25) is 0 Å². The van der Waals surface area contributed by atoms with E-state index in [2.05, 4.69) is 16.2 Å². The van der Waals surface area contributed by atoms with Gasteiger partial charge >= 0.3 is 0 Å². The van der Waals surface area contributed by atoms with E-state index in [-0.39, 0.29) is 11.7 Å². The maximum Gasteiger partial charge on any atom is 0.276 e. The standard InChI is InChI=1S/C23H21N3O4S/c1-29-19-9-5-6-10-20(19)30-15-21(27)25-26-23(31)24-22(28)18-13-11-17(12-14-18)16-7-3-2-4-8-16/h2-14H,15H2,1H3,(H,25,27)(H2,24,26,28,31). The number of carbonyl (C=O) groups is 2. The van der Waals surface area contributed by atoms with Crippen molar-refractivity contribution in [3.8, 4) is 22.6 Å². The molecule has 2 amide bonds. The van der Waals surface area contributed by atoms with Gasteiger partial charge in [-0.25, -0.2) is 0 Å². The van der Waals surface area contributed by atoms with Crippen LogP contribution in [0.1, 0.15) is 10.4 Å². The van der Waals surface area contributed by atoms with Crippen LogP contribution in [0.25, 0.3) is 11.1 Å². The topological polar surface area (TPSA) is 88.7 Å². The average Bonchev–Trinajstić information content (AvgIpc) is 2.82. The van der Waals surface area contributed by atoms with Crippen molar-refractivity contribution in [2.45, 2.75) is 0 Å². The highest BCUT2D eigenvalue weighted by Gasteiger charge is 2.10. The summed E-state index contributed by atoms with van der Waals surface area (Å²) in [5, 5.41) is 2.47. The highest BCUT2D eigenvalue weighted by Crippen LogP contribution is 2.25. The van der Waals surface area contributed by atoms with Gasteiger partial charge in [0.15, 0.2) is 23.2 Å². The van der Waals surface area contributed by atoms with E-state index in [4.69, 9.17) is 21.7 Å². The lowest BCUT2D eigenvalue weighted by molar-refractivity contribution is -0.123. The molecule has 0 aromatic heterocycles. The van der Waals surface area contributed by atoms with Gasteiger partial charge in [-0.2, -0.15) is 0 Å². The van der Waals surface area contributed by atoms with Gasteiger partial charge in [-0.15, -0.1) is 0 Å². The number of ether oxygens (including phenoxy) is 2. The molecule has 0 atom stereocenters. The molecule has 0 spiro atoms. The molecule has 3 rings (SSSR count). The second kappa shape index (κ2) is 10.7. The van der Waals surface area contributed by atoms with Gasteiger partial charge < -0.3 is 9.47 Å². The maximum absolute atomic E-state index is 12.3. The molecule has 158 valence electrons. The summed E-state index contributed by atoms with van der Waals surface area (Å²) in [4.78, 5) is 24.3. The molecule has 0 unspecified atom stereocenters. The molecule has 0 saturated heterocycles. The van der Waals surface area contributed by atoms with E-state index in [1.165, 1.54) is 7.11 Å². The maximum atomic E-state index is 12.3. The predicted molar refractivity (Wildman–Crippen MR) is 122 cm³/mol. The summed E-state index contributed by atoms with van der Waals surface area (Å²) in [5.41, 5.74) is 7.34. The summed E-state index contributed by atoms with van der Waals surface area (Å²) in [5.74, 6) is 0.0886. The number of benzene rings is 3. The molecule has 3 aromatic carbocycles. The van der Waals surface area contributed by atoms with Crippen molar-refractivity contribution in [2.24, 2.45) is 0 Å². The Bertz CT molecular complexity index is 1060. The summed E-state index contributed by atoms with van der Waals surface area (Å²) in [6, 6.07) is 24.0. The number of rotatable bonds is 6. The van der Waals surface area contributed by atoms with Gasteiger partial charge in [0.1, 0.15) is 0 Å². The normalized spacial score (nSPS) is 9.97. The number of hydrogen-bond acceptors (Lipinski definition) is 5. The number of amides is 2. The molecule has 8 heteroatoms. The van der Waals surface area contributed by atoms with Crippen LogP contribution in [0, 0.1) is 0 Å². The number of carbonyl (C=O) groups excluding carboxylic acids is 2. The molecule has 0 aliphatic carbocycles. The van der Waals surface area contributed by atoms with E-state index < -0.39 is 11.8 Å². The Morgan fingerprint density at radius 2 is 1.42 bits per heavy atom. The lowest BCUT2D eigenvalue weighted by Gasteiger charge is -2.12. The molecule has 3 aromatic rings. The van der Waals surface area contributed by atoms with Crippen molar-refractivity contribution >= 4 is 29.1 Å². The number of thiocarbonyl (C=S) groups is 1. The predicted octanol–water partition coefficient (Wildman–Crippen LogP) is 3.08. The molecule has 0 fully saturated rings. The van der Waals surface area contributed by atoms with Crippen LogP contribution in [0.4, 0.5) is 0 Å². The second-order valence-electron chi connectivity index (χ2n) is 6.34. The SMILES string of the molecule is COc1ccccc1OCC(=O)NNC(=S)NC(=O)c1ccc(-c2ccccc2)cc1. The van der Waals surface area contributed by atoms with Crippen LogP contribution in [-0.4, -0.2) is 30.6 Å². The van der Waals surface area contributed by atoms with Crippen LogP contribution in [0.15, 0.2) is 78.9 Å². The highest BCUT2D eigenvalue weighted by molar-refractivity contribution is 7.80. The summed E-state index contributed by atoms with van der Waals surface area (Å²) < 4.78 is 10.6. The average molecular weight is 436 g/mol. The first-order valence-electron chi connectivity index (χ1n) is 9.38. The first kappa shape index (κ1) is 21.8. The summed E-state index contributed by atoms with van der Waals surface area (Å²) in [7, 11) is 1.51. The minimum atomic E-state index is -0.477. The summed E-state index contributed by atoms with van der Waals surface area (Å²) >= 11 is 5.05. The minimum Gasteiger partial charge on any atom is -0.493 e. The summed E-state index contributed by atoms with van der Waals surface area (Å²) in [6.45, 7) is -0.259. The fraction of sp³-hybridized carbons (Fsp3) is 0.0870. The quantitative estimate of drug-likeness (QED) is 0.407. The molecule has 0 bridgehead atoms. The lowest BCUT2D eigenvalue weighted by atomic mass is 10.0. The van der Waals surface area contributed by atoms with Crippen molar-refractivity contribution < 1.29 is 19.1 Å². The number of hydrogen-bond donors (Lipinski definition) is 3. The van der Waals surface area contributed by atoms with Gasteiger partial charge in [0, 0.05) is 5.56 Å². The fourth-order valence-corrected chi connectivity index (χ4v) is 2.84.